The van der Waals surface area contributed by atoms with Gasteiger partial charge in [-0.2, -0.15) is 9.36 Å². The maximum atomic E-state index is 12.1. The van der Waals surface area contributed by atoms with Gasteiger partial charge >= 0.3 is 12.1 Å². The van der Waals surface area contributed by atoms with Gasteiger partial charge in [0.05, 0.1) is 0 Å². The van der Waals surface area contributed by atoms with E-state index in [4.69, 9.17) is 11.5 Å². The molecule has 2 amide bonds. The topological polar surface area (TPSA) is 172 Å². The van der Waals surface area contributed by atoms with E-state index >= 15 is 0 Å². The minimum atomic E-state index is -0.455. The van der Waals surface area contributed by atoms with E-state index in [1.165, 1.54) is 12.7 Å². The summed E-state index contributed by atoms with van der Waals surface area (Å²) in [5.41, 5.74) is 14.2. The van der Waals surface area contributed by atoms with Crippen LogP contribution in [0.1, 0.15) is 11.1 Å². The fraction of sp³-hybridized carbons (Fsp3) is 0.0526. The molecule has 156 valence electrons. The van der Waals surface area contributed by atoms with Crippen LogP contribution in [-0.4, -0.2) is 41.6 Å². The van der Waals surface area contributed by atoms with Gasteiger partial charge in [0.1, 0.15) is 12.7 Å². The minimum absolute atomic E-state index is 0.0270. The number of carbonyl (C=O) groups is 2. The Kier molecular flexibility index (Phi) is 5.26. The van der Waals surface area contributed by atoms with Gasteiger partial charge in [-0.15, -0.1) is 10.2 Å². The first-order valence-corrected chi connectivity index (χ1v) is 9.11. The third-order valence-electron chi connectivity index (χ3n) is 4.25. The van der Waals surface area contributed by atoms with Crippen LogP contribution in [0.15, 0.2) is 61.2 Å². The summed E-state index contributed by atoms with van der Waals surface area (Å²) >= 11 is 0. The van der Waals surface area contributed by atoms with E-state index in [2.05, 4.69) is 30.8 Å². The van der Waals surface area contributed by atoms with Crippen LogP contribution in [0.2, 0.25) is 0 Å². The quantitative estimate of drug-likeness (QED) is 0.388. The first-order valence-electron chi connectivity index (χ1n) is 9.11. The maximum absolute atomic E-state index is 12.1. The van der Waals surface area contributed by atoms with E-state index in [1.54, 1.807) is 24.3 Å². The summed E-state index contributed by atoms with van der Waals surface area (Å²) in [7, 11) is 0. The van der Waals surface area contributed by atoms with Crippen molar-refractivity contribution in [3.8, 4) is 0 Å². The molecule has 4 aromatic rings. The predicted octanol–water partition coefficient (Wildman–Crippen LogP) is 1.79. The Morgan fingerprint density at radius 2 is 1.10 bits per heavy atom. The molecule has 0 saturated carbocycles. The van der Waals surface area contributed by atoms with E-state index in [1.807, 2.05) is 24.3 Å². The average molecular weight is 418 g/mol. The average Bonchev–Trinajstić information content (AvgIpc) is 3.39. The van der Waals surface area contributed by atoms with Gasteiger partial charge in [0.25, 0.3) is 0 Å². The molecule has 0 fully saturated rings. The van der Waals surface area contributed by atoms with E-state index in [9.17, 15) is 9.59 Å². The fourth-order valence-electron chi connectivity index (χ4n) is 2.76. The monoisotopic (exact) mass is 418 g/mol. The number of anilines is 4. The fourth-order valence-corrected chi connectivity index (χ4v) is 2.76. The highest BCUT2D eigenvalue weighted by atomic mass is 16.2. The summed E-state index contributed by atoms with van der Waals surface area (Å²) in [5, 5.41) is 12.9. The molecule has 0 aliphatic carbocycles. The van der Waals surface area contributed by atoms with Crippen LogP contribution in [0.25, 0.3) is 0 Å². The molecule has 2 aromatic heterocycles. The molecule has 2 heterocycles. The Labute approximate surface area is 175 Å². The lowest BCUT2D eigenvalue weighted by Gasteiger charge is -2.08. The number of nitrogen functional groups attached to an aromatic ring is 2. The maximum Gasteiger partial charge on any atom is 0.348 e. The van der Waals surface area contributed by atoms with Crippen LogP contribution in [0.3, 0.4) is 0 Å². The summed E-state index contributed by atoms with van der Waals surface area (Å²) in [5.74, 6) is 0.0540. The van der Waals surface area contributed by atoms with Gasteiger partial charge in [-0.1, -0.05) is 24.3 Å². The molecule has 0 radical (unpaired) electrons. The number of aromatic nitrogens is 6. The molecule has 0 unspecified atom stereocenters. The molecule has 0 atom stereocenters. The third kappa shape index (κ3) is 4.82. The molecule has 0 aliphatic rings. The van der Waals surface area contributed by atoms with E-state index in [0.717, 1.165) is 20.5 Å². The standard InChI is InChI=1S/C19H18N10O2/c20-16-22-10-28(26-16)18(30)24-14-5-1-12(2-6-14)9-13-3-7-15(8-4-13)25-19(31)29-11-23-17(21)27-29/h1-8,10-11H,9H2,(H2,20,26)(H2,21,27)(H,24,30)(H,25,31). The third-order valence-corrected chi connectivity index (χ3v) is 4.25. The smallest absolute Gasteiger partial charge is 0.348 e. The molecular weight excluding hydrogens is 400 g/mol. The molecule has 4 rings (SSSR count). The zero-order valence-electron chi connectivity index (χ0n) is 16.1. The summed E-state index contributed by atoms with van der Waals surface area (Å²) in [6.07, 6.45) is 3.17. The van der Waals surface area contributed by atoms with Crippen molar-refractivity contribution in [3.63, 3.8) is 0 Å². The minimum Gasteiger partial charge on any atom is -0.366 e. The SMILES string of the molecule is Nc1ncn(C(=O)Nc2ccc(Cc3ccc(NC(=O)n4cnc(N)n4)cc3)cc2)n1. The highest BCUT2D eigenvalue weighted by Crippen LogP contribution is 2.16. The molecule has 12 heteroatoms. The lowest BCUT2D eigenvalue weighted by molar-refractivity contribution is 0.250. The normalized spacial score (nSPS) is 10.6. The zero-order chi connectivity index (χ0) is 21.8. The van der Waals surface area contributed by atoms with Crippen molar-refractivity contribution in [1.82, 2.24) is 29.5 Å². The second-order valence-electron chi connectivity index (χ2n) is 6.53. The molecule has 0 bridgehead atoms. The number of nitrogens with two attached hydrogens (primary N) is 2. The molecule has 2 aromatic carbocycles. The Bertz CT molecular complexity index is 1120. The van der Waals surface area contributed by atoms with Crippen molar-refractivity contribution in [1.29, 1.82) is 0 Å². The van der Waals surface area contributed by atoms with Crippen LogP contribution in [0.4, 0.5) is 32.9 Å². The Morgan fingerprint density at radius 3 is 1.42 bits per heavy atom. The van der Waals surface area contributed by atoms with Gasteiger partial charge in [-0.05, 0) is 41.8 Å². The number of carbonyl (C=O) groups excluding carboxylic acids is 2. The van der Waals surface area contributed by atoms with E-state index in [0.29, 0.717) is 17.8 Å². The number of hydrogen-bond donors (Lipinski definition) is 4. The van der Waals surface area contributed by atoms with E-state index in [-0.39, 0.29) is 11.9 Å². The van der Waals surface area contributed by atoms with E-state index < -0.39 is 12.1 Å². The van der Waals surface area contributed by atoms with Crippen molar-refractivity contribution in [2.45, 2.75) is 6.42 Å². The molecule has 12 nitrogen and oxygen atoms in total. The molecule has 0 spiro atoms. The number of rotatable bonds is 4. The summed E-state index contributed by atoms with van der Waals surface area (Å²) in [6.45, 7) is 0. The van der Waals surface area contributed by atoms with Crippen LogP contribution >= 0.6 is 0 Å². The Hall–Kier alpha value is -4.74. The van der Waals surface area contributed by atoms with Gasteiger partial charge in [0, 0.05) is 11.4 Å². The number of nitrogens with one attached hydrogen (secondary N) is 2. The van der Waals surface area contributed by atoms with Crippen molar-refractivity contribution < 1.29 is 9.59 Å². The van der Waals surface area contributed by atoms with Crippen molar-refractivity contribution in [2.24, 2.45) is 0 Å². The number of nitrogens with zero attached hydrogens (tertiary/aromatic N) is 6. The first-order chi connectivity index (χ1) is 15.0. The predicted molar refractivity (Wildman–Crippen MR) is 113 cm³/mol. The zero-order valence-corrected chi connectivity index (χ0v) is 16.1. The molecule has 6 N–H and O–H groups in total. The number of benzene rings is 2. The summed E-state index contributed by atoms with van der Waals surface area (Å²) in [6, 6.07) is 13.9. The number of hydrogen-bond acceptors (Lipinski definition) is 8. The Balaban J connectivity index is 1.33. The van der Waals surface area contributed by atoms with Gasteiger partial charge in [-0.3, -0.25) is 0 Å². The molecular formula is C19H18N10O2. The summed E-state index contributed by atoms with van der Waals surface area (Å²) < 4.78 is 2.06. The van der Waals surface area contributed by atoms with Crippen LogP contribution in [0, 0.1) is 0 Å². The summed E-state index contributed by atoms with van der Waals surface area (Å²) in [4.78, 5) is 31.5. The first kappa shape index (κ1) is 19.6. The van der Waals surface area contributed by atoms with Gasteiger partial charge in [-0.25, -0.2) is 19.6 Å². The Morgan fingerprint density at radius 1 is 0.710 bits per heavy atom. The van der Waals surface area contributed by atoms with Gasteiger partial charge < -0.3 is 22.1 Å². The molecule has 0 saturated heterocycles. The van der Waals surface area contributed by atoms with Gasteiger partial charge in [0.15, 0.2) is 0 Å². The van der Waals surface area contributed by atoms with Crippen LogP contribution < -0.4 is 22.1 Å². The second kappa shape index (κ2) is 8.32. The highest BCUT2D eigenvalue weighted by molar-refractivity contribution is 5.91. The van der Waals surface area contributed by atoms with Crippen molar-refractivity contribution in [2.75, 3.05) is 22.1 Å². The lowest BCUT2D eigenvalue weighted by atomic mass is 10.0. The largest absolute Gasteiger partial charge is 0.366 e. The number of amides is 2. The van der Waals surface area contributed by atoms with Crippen molar-refractivity contribution >= 4 is 35.3 Å². The van der Waals surface area contributed by atoms with Crippen LogP contribution in [0.5, 0.6) is 0 Å². The van der Waals surface area contributed by atoms with Crippen molar-refractivity contribution in [3.05, 3.63) is 72.3 Å². The lowest BCUT2D eigenvalue weighted by Crippen LogP contribution is -2.20. The molecule has 0 aliphatic heterocycles. The highest BCUT2D eigenvalue weighted by Gasteiger charge is 2.09. The van der Waals surface area contributed by atoms with Gasteiger partial charge in [0.2, 0.25) is 11.9 Å². The molecule has 31 heavy (non-hydrogen) atoms. The van der Waals surface area contributed by atoms with Crippen LogP contribution in [-0.2, 0) is 6.42 Å². The second-order valence-corrected chi connectivity index (χ2v) is 6.53.